The van der Waals surface area contributed by atoms with Gasteiger partial charge >= 0.3 is 0 Å². The monoisotopic (exact) mass is 242 g/mol. The molecule has 3 heteroatoms. The normalized spacial score (nSPS) is 13.6. The zero-order valence-electron chi connectivity index (χ0n) is 9.18. The molecule has 0 saturated heterocycles. The number of pyridine rings is 1. The van der Waals surface area contributed by atoms with Crippen LogP contribution >= 0.6 is 11.6 Å². The molecule has 0 aliphatic carbocycles. The molecule has 1 aliphatic heterocycles. The van der Waals surface area contributed by atoms with E-state index < -0.39 is 0 Å². The van der Waals surface area contributed by atoms with Crippen LogP contribution in [0.3, 0.4) is 0 Å². The molecule has 1 aliphatic rings. The third-order valence-electron chi connectivity index (χ3n) is 2.84. The quantitative estimate of drug-likeness (QED) is 0.705. The van der Waals surface area contributed by atoms with Crippen molar-refractivity contribution < 1.29 is 0 Å². The summed E-state index contributed by atoms with van der Waals surface area (Å²) in [4.78, 5) is 6.35. The molecule has 1 aromatic carbocycles. The first-order valence-corrected chi connectivity index (χ1v) is 5.87. The highest BCUT2D eigenvalue weighted by Crippen LogP contribution is 2.31. The van der Waals surface area contributed by atoms with Crippen LogP contribution in [-0.2, 0) is 0 Å². The lowest BCUT2D eigenvalue weighted by Crippen LogP contribution is -2.20. The van der Waals surface area contributed by atoms with Crippen LogP contribution in [0.4, 0.5) is 11.4 Å². The summed E-state index contributed by atoms with van der Waals surface area (Å²) in [5.41, 5.74) is 3.50. The summed E-state index contributed by atoms with van der Waals surface area (Å²) >= 11 is 5.81. The number of nitrogens with zero attached hydrogens (tertiary/aromatic N) is 2. The SMILES string of the molecule is Clc1ccc(N2CC=Cc3ccccc32)cn1. The molecule has 0 amide bonds. The number of benzene rings is 1. The van der Waals surface area contributed by atoms with Gasteiger partial charge in [-0.05, 0) is 23.8 Å². The van der Waals surface area contributed by atoms with Gasteiger partial charge in [0.2, 0.25) is 0 Å². The van der Waals surface area contributed by atoms with Crippen molar-refractivity contribution in [1.82, 2.24) is 4.98 Å². The number of aromatic nitrogens is 1. The summed E-state index contributed by atoms with van der Waals surface area (Å²) in [6.07, 6.45) is 6.10. The minimum Gasteiger partial charge on any atom is -0.336 e. The maximum Gasteiger partial charge on any atom is 0.129 e. The molecule has 84 valence electrons. The number of rotatable bonds is 1. The standard InChI is InChI=1S/C14H11ClN2/c15-14-8-7-12(10-16-14)17-9-3-5-11-4-1-2-6-13(11)17/h1-8,10H,9H2. The second-order valence-corrected chi connectivity index (χ2v) is 4.30. The summed E-state index contributed by atoms with van der Waals surface area (Å²) in [5, 5.41) is 0.523. The van der Waals surface area contributed by atoms with Crippen LogP contribution in [0.15, 0.2) is 48.7 Å². The Labute approximate surface area is 105 Å². The Bertz CT molecular complexity index is 561. The first kappa shape index (κ1) is 10.4. The molecule has 0 saturated carbocycles. The highest BCUT2D eigenvalue weighted by atomic mass is 35.5. The van der Waals surface area contributed by atoms with Crippen LogP contribution < -0.4 is 4.90 Å². The maximum atomic E-state index is 5.81. The Kier molecular flexibility index (Phi) is 2.57. The topological polar surface area (TPSA) is 16.1 Å². The van der Waals surface area contributed by atoms with E-state index in [2.05, 4.69) is 34.2 Å². The Morgan fingerprint density at radius 1 is 1.12 bits per heavy atom. The van der Waals surface area contributed by atoms with Crippen molar-refractivity contribution >= 4 is 29.1 Å². The molecule has 0 unspecified atom stereocenters. The van der Waals surface area contributed by atoms with E-state index in [0.717, 1.165) is 12.2 Å². The largest absolute Gasteiger partial charge is 0.336 e. The van der Waals surface area contributed by atoms with E-state index in [4.69, 9.17) is 11.6 Å². The van der Waals surface area contributed by atoms with Crippen molar-refractivity contribution in [2.24, 2.45) is 0 Å². The van der Waals surface area contributed by atoms with Gasteiger partial charge in [0.05, 0.1) is 11.9 Å². The number of hydrogen-bond acceptors (Lipinski definition) is 2. The zero-order valence-corrected chi connectivity index (χ0v) is 9.93. The van der Waals surface area contributed by atoms with Gasteiger partial charge in [-0.2, -0.15) is 0 Å². The highest BCUT2D eigenvalue weighted by molar-refractivity contribution is 6.29. The van der Waals surface area contributed by atoms with Crippen LogP contribution in [0.5, 0.6) is 0 Å². The van der Waals surface area contributed by atoms with Crippen LogP contribution in [0.25, 0.3) is 6.08 Å². The average molecular weight is 243 g/mol. The fourth-order valence-corrected chi connectivity index (χ4v) is 2.14. The Morgan fingerprint density at radius 2 is 2.00 bits per heavy atom. The summed E-state index contributed by atoms with van der Waals surface area (Å²) in [7, 11) is 0. The smallest absolute Gasteiger partial charge is 0.129 e. The third kappa shape index (κ3) is 1.92. The van der Waals surface area contributed by atoms with Crippen molar-refractivity contribution in [2.75, 3.05) is 11.4 Å². The zero-order chi connectivity index (χ0) is 11.7. The first-order valence-electron chi connectivity index (χ1n) is 5.49. The molecular weight excluding hydrogens is 232 g/mol. The van der Waals surface area contributed by atoms with Gasteiger partial charge in [0.1, 0.15) is 5.15 Å². The molecule has 0 bridgehead atoms. The molecular formula is C14H11ClN2. The Hall–Kier alpha value is -1.80. The van der Waals surface area contributed by atoms with Gasteiger partial charge in [-0.1, -0.05) is 42.0 Å². The molecule has 17 heavy (non-hydrogen) atoms. The van der Waals surface area contributed by atoms with Gasteiger partial charge in [0, 0.05) is 12.2 Å². The van der Waals surface area contributed by atoms with Crippen LogP contribution in [0.1, 0.15) is 5.56 Å². The van der Waals surface area contributed by atoms with Gasteiger partial charge in [-0.25, -0.2) is 4.98 Å². The molecule has 0 atom stereocenters. The number of para-hydroxylation sites is 1. The fourth-order valence-electron chi connectivity index (χ4n) is 2.03. The molecule has 0 N–H and O–H groups in total. The van der Waals surface area contributed by atoms with Gasteiger partial charge in [-0.3, -0.25) is 0 Å². The molecule has 1 aromatic heterocycles. The molecule has 3 rings (SSSR count). The van der Waals surface area contributed by atoms with E-state index in [1.165, 1.54) is 11.3 Å². The molecule has 0 fully saturated rings. The van der Waals surface area contributed by atoms with Crippen molar-refractivity contribution in [3.63, 3.8) is 0 Å². The van der Waals surface area contributed by atoms with E-state index in [-0.39, 0.29) is 0 Å². The van der Waals surface area contributed by atoms with Gasteiger partial charge in [0.25, 0.3) is 0 Å². The lowest BCUT2D eigenvalue weighted by molar-refractivity contribution is 1.07. The van der Waals surface area contributed by atoms with Gasteiger partial charge in [-0.15, -0.1) is 0 Å². The number of anilines is 2. The van der Waals surface area contributed by atoms with E-state index in [1.54, 1.807) is 6.20 Å². The van der Waals surface area contributed by atoms with Gasteiger partial charge < -0.3 is 4.90 Å². The van der Waals surface area contributed by atoms with Gasteiger partial charge in [0.15, 0.2) is 0 Å². The fraction of sp³-hybridized carbons (Fsp3) is 0.0714. The third-order valence-corrected chi connectivity index (χ3v) is 3.06. The maximum absolute atomic E-state index is 5.81. The van der Waals surface area contributed by atoms with Crippen molar-refractivity contribution in [3.8, 4) is 0 Å². The van der Waals surface area contributed by atoms with Crippen molar-refractivity contribution in [2.45, 2.75) is 0 Å². The van der Waals surface area contributed by atoms with Crippen LogP contribution in [-0.4, -0.2) is 11.5 Å². The van der Waals surface area contributed by atoms with Crippen molar-refractivity contribution in [1.29, 1.82) is 0 Å². The predicted octanol–water partition coefficient (Wildman–Crippen LogP) is 3.90. The molecule has 2 nitrogen and oxygen atoms in total. The number of hydrogen-bond donors (Lipinski definition) is 0. The lowest BCUT2D eigenvalue weighted by Gasteiger charge is -2.27. The summed E-state index contributed by atoms with van der Waals surface area (Å²) in [5.74, 6) is 0. The summed E-state index contributed by atoms with van der Waals surface area (Å²) in [6.45, 7) is 0.861. The molecule has 2 aromatic rings. The second-order valence-electron chi connectivity index (χ2n) is 3.91. The van der Waals surface area contributed by atoms with Crippen LogP contribution in [0, 0.1) is 0 Å². The van der Waals surface area contributed by atoms with E-state index in [9.17, 15) is 0 Å². The summed E-state index contributed by atoms with van der Waals surface area (Å²) < 4.78 is 0. The first-order chi connectivity index (χ1) is 8.34. The second kappa shape index (κ2) is 4.22. The molecule has 0 radical (unpaired) electrons. The Morgan fingerprint density at radius 3 is 2.82 bits per heavy atom. The lowest BCUT2D eigenvalue weighted by atomic mass is 10.1. The molecule has 2 heterocycles. The average Bonchev–Trinajstić information content (AvgIpc) is 2.39. The Balaban J connectivity index is 2.05. The van der Waals surface area contributed by atoms with Crippen molar-refractivity contribution in [3.05, 3.63) is 59.4 Å². The van der Waals surface area contributed by atoms with E-state index >= 15 is 0 Å². The van der Waals surface area contributed by atoms with E-state index in [0.29, 0.717) is 5.15 Å². The minimum absolute atomic E-state index is 0.523. The predicted molar refractivity (Wildman–Crippen MR) is 71.7 cm³/mol. The molecule has 0 spiro atoms. The van der Waals surface area contributed by atoms with E-state index in [1.807, 2.05) is 24.3 Å². The highest BCUT2D eigenvalue weighted by Gasteiger charge is 2.14. The number of fused-ring (bicyclic) bond motifs is 1. The van der Waals surface area contributed by atoms with Crippen LogP contribution in [0.2, 0.25) is 5.15 Å². The number of halogens is 1. The minimum atomic E-state index is 0.523. The summed E-state index contributed by atoms with van der Waals surface area (Å²) in [6, 6.07) is 12.1.